The summed E-state index contributed by atoms with van der Waals surface area (Å²) in [6, 6.07) is 18.2. The first kappa shape index (κ1) is 31.1. The van der Waals surface area contributed by atoms with Crippen molar-refractivity contribution in [1.29, 1.82) is 0 Å². The van der Waals surface area contributed by atoms with Gasteiger partial charge in [0.15, 0.2) is 0 Å². The van der Waals surface area contributed by atoms with Crippen LogP contribution in [0.15, 0.2) is 70.6 Å². The normalized spacial score (nSPS) is 13.6. The Labute approximate surface area is 227 Å². The molecule has 2 aromatic carbocycles. The van der Waals surface area contributed by atoms with Gasteiger partial charge < -0.3 is 0 Å². The third-order valence-electron chi connectivity index (χ3n) is 7.15. The van der Waals surface area contributed by atoms with Gasteiger partial charge >= 0.3 is 228 Å². The van der Waals surface area contributed by atoms with Gasteiger partial charge in [0.1, 0.15) is 0 Å². The third-order valence-corrected chi connectivity index (χ3v) is 21.7. The van der Waals surface area contributed by atoms with Crippen LogP contribution in [0.4, 0.5) is 4.39 Å². The SMILES string of the molecule is CCC[CH2][Sn]([CH2]CCC)([CH2]CCC)/[C](F)=C/C(Cc1ccccc1)(NC(=O)c1ccccc1)C(=O)OC. The van der Waals surface area contributed by atoms with E-state index in [0.29, 0.717) is 5.56 Å². The Kier molecular flexibility index (Phi) is 13.4. The van der Waals surface area contributed by atoms with Gasteiger partial charge in [-0.2, -0.15) is 0 Å². The molecule has 1 atom stereocenters. The number of amides is 1. The zero-order valence-corrected chi connectivity index (χ0v) is 25.9. The van der Waals surface area contributed by atoms with Crippen molar-refractivity contribution in [3.63, 3.8) is 0 Å². The topological polar surface area (TPSA) is 55.4 Å². The number of rotatable bonds is 16. The van der Waals surface area contributed by atoms with Crippen LogP contribution in [-0.2, 0) is 16.0 Å². The van der Waals surface area contributed by atoms with Crippen LogP contribution in [0.25, 0.3) is 0 Å². The molecule has 0 saturated heterocycles. The fourth-order valence-electron chi connectivity index (χ4n) is 4.93. The first-order valence-corrected chi connectivity index (χ1v) is 21.2. The van der Waals surface area contributed by atoms with Crippen molar-refractivity contribution < 1.29 is 18.7 Å². The van der Waals surface area contributed by atoms with Gasteiger partial charge in [0.05, 0.1) is 0 Å². The Bertz CT molecular complexity index is 974. The molecule has 0 radical (unpaired) electrons. The molecule has 1 N–H and O–H groups in total. The predicted molar refractivity (Wildman–Crippen MR) is 153 cm³/mol. The van der Waals surface area contributed by atoms with Crippen LogP contribution in [-0.4, -0.2) is 42.9 Å². The molecule has 0 aliphatic rings. The van der Waals surface area contributed by atoms with Crippen LogP contribution in [0.1, 0.15) is 75.2 Å². The molecule has 2 rings (SSSR count). The van der Waals surface area contributed by atoms with E-state index < -0.39 is 35.8 Å². The van der Waals surface area contributed by atoms with E-state index >= 15 is 4.39 Å². The number of esters is 1. The minimum atomic E-state index is -3.50. The van der Waals surface area contributed by atoms with Crippen LogP contribution in [0, 0.1) is 0 Å². The van der Waals surface area contributed by atoms with E-state index in [2.05, 4.69) is 26.1 Å². The summed E-state index contributed by atoms with van der Waals surface area (Å²) in [7, 11) is 1.30. The molecule has 37 heavy (non-hydrogen) atoms. The zero-order chi connectivity index (χ0) is 27.2. The summed E-state index contributed by atoms with van der Waals surface area (Å²) in [5.74, 6) is -1.08. The van der Waals surface area contributed by atoms with Crippen LogP contribution >= 0.6 is 0 Å². The van der Waals surface area contributed by atoms with E-state index in [-0.39, 0.29) is 10.3 Å². The van der Waals surface area contributed by atoms with Gasteiger partial charge in [-0.3, -0.25) is 0 Å². The molecule has 0 saturated carbocycles. The van der Waals surface area contributed by atoms with Gasteiger partial charge in [0.2, 0.25) is 0 Å². The number of benzene rings is 2. The van der Waals surface area contributed by atoms with Crippen molar-refractivity contribution in [3.05, 3.63) is 81.7 Å². The van der Waals surface area contributed by atoms with E-state index in [9.17, 15) is 9.59 Å². The van der Waals surface area contributed by atoms with Gasteiger partial charge in [-0.15, -0.1) is 0 Å². The summed E-state index contributed by atoms with van der Waals surface area (Å²) < 4.78 is 24.7. The van der Waals surface area contributed by atoms with Crippen LogP contribution < -0.4 is 5.32 Å². The predicted octanol–water partition coefficient (Wildman–Crippen LogP) is 7.81. The monoisotopic (exact) mass is 617 g/mol. The number of ether oxygens (including phenoxy) is 1. The molecule has 0 aromatic heterocycles. The maximum absolute atomic E-state index is 16.8. The molecule has 2 aromatic rings. The van der Waals surface area contributed by atoms with Gasteiger partial charge in [-0.1, -0.05) is 0 Å². The average Bonchev–Trinajstić information content (AvgIpc) is 2.93. The van der Waals surface area contributed by atoms with E-state index in [1.165, 1.54) is 13.2 Å². The van der Waals surface area contributed by atoms with E-state index in [4.69, 9.17) is 4.74 Å². The molecule has 0 aliphatic carbocycles. The third kappa shape index (κ3) is 8.98. The second-order valence-corrected chi connectivity index (χ2v) is 23.0. The van der Waals surface area contributed by atoms with Crippen molar-refractivity contribution in [1.82, 2.24) is 5.32 Å². The number of nitrogens with one attached hydrogen (secondary N) is 1. The molecule has 202 valence electrons. The molecular formula is C31H44FNO3Sn. The Balaban J connectivity index is 2.68. The molecule has 1 amide bonds. The molecule has 0 fully saturated rings. The molecular weight excluding hydrogens is 572 g/mol. The number of unbranched alkanes of at least 4 members (excludes halogenated alkanes) is 3. The van der Waals surface area contributed by atoms with Crippen molar-refractivity contribution in [3.8, 4) is 0 Å². The molecule has 0 aliphatic heterocycles. The number of carbonyl (C=O) groups is 2. The Morgan fingerprint density at radius 2 is 1.35 bits per heavy atom. The van der Waals surface area contributed by atoms with Crippen LogP contribution in [0.5, 0.6) is 0 Å². The summed E-state index contributed by atoms with van der Waals surface area (Å²) >= 11 is -3.50. The standard InChI is InChI=1S/C19H17FNO3.3C4H9.Sn/c1-24-18(23)19(12-13-20,14-15-8-4-2-5-9-15)21-17(22)16-10-6-3-7-11-16;3*1-3-4-2;/h2-12H,14H2,1H3,(H,21,22);3*1,3-4H2,2H3;. The molecule has 0 bridgehead atoms. The molecule has 1 unspecified atom stereocenters. The van der Waals surface area contributed by atoms with Crippen molar-refractivity contribution in [2.24, 2.45) is 0 Å². The first-order valence-electron chi connectivity index (χ1n) is 13.7. The second kappa shape index (κ2) is 16.0. The summed E-state index contributed by atoms with van der Waals surface area (Å²) in [5, 5.41) is 2.92. The van der Waals surface area contributed by atoms with Crippen molar-refractivity contribution in [2.75, 3.05) is 7.11 Å². The van der Waals surface area contributed by atoms with Crippen LogP contribution in [0.3, 0.4) is 0 Å². The number of halogens is 1. The van der Waals surface area contributed by atoms with Crippen molar-refractivity contribution >= 4 is 30.3 Å². The van der Waals surface area contributed by atoms with Gasteiger partial charge in [0, 0.05) is 0 Å². The van der Waals surface area contributed by atoms with E-state index in [0.717, 1.165) is 57.4 Å². The number of hydrogen-bond donors (Lipinski definition) is 1. The first-order chi connectivity index (χ1) is 17.9. The number of methoxy groups -OCH3 is 1. The molecule has 0 spiro atoms. The Hall–Kier alpha value is -2.15. The fraction of sp³-hybridized carbons (Fsp3) is 0.484. The Morgan fingerprint density at radius 1 is 0.865 bits per heavy atom. The Morgan fingerprint density at radius 3 is 1.81 bits per heavy atom. The molecule has 0 heterocycles. The van der Waals surface area contributed by atoms with Gasteiger partial charge in [-0.25, -0.2) is 0 Å². The van der Waals surface area contributed by atoms with E-state index in [1.807, 2.05) is 36.4 Å². The molecule has 6 heteroatoms. The second-order valence-electron chi connectivity index (χ2n) is 10.0. The number of carbonyl (C=O) groups excluding carboxylic acids is 2. The minimum absolute atomic E-state index is 0.112. The maximum atomic E-state index is 16.8. The van der Waals surface area contributed by atoms with E-state index in [1.54, 1.807) is 24.3 Å². The van der Waals surface area contributed by atoms with Gasteiger partial charge in [0.25, 0.3) is 0 Å². The summed E-state index contributed by atoms with van der Waals surface area (Å²) in [5.41, 5.74) is -0.405. The summed E-state index contributed by atoms with van der Waals surface area (Å²) in [6.07, 6.45) is 7.60. The summed E-state index contributed by atoms with van der Waals surface area (Å²) in [4.78, 5) is 26.8. The van der Waals surface area contributed by atoms with Crippen molar-refractivity contribution in [2.45, 2.75) is 84.6 Å². The zero-order valence-electron chi connectivity index (χ0n) is 23.0. The van der Waals surface area contributed by atoms with Gasteiger partial charge in [-0.05, 0) is 0 Å². The number of hydrogen-bond acceptors (Lipinski definition) is 3. The molecule has 4 nitrogen and oxygen atoms in total. The average molecular weight is 616 g/mol. The fourth-order valence-corrected chi connectivity index (χ4v) is 19.5. The van der Waals surface area contributed by atoms with Crippen LogP contribution in [0.2, 0.25) is 13.3 Å². The summed E-state index contributed by atoms with van der Waals surface area (Å²) in [6.45, 7) is 6.43. The quantitative estimate of drug-likeness (QED) is 0.155.